The SMILES string of the molecule is CCCc1ccccc1.O=S(Nc1ccc(CO)cc1)c1ccc(Cl)cc1. The van der Waals surface area contributed by atoms with E-state index in [0.717, 1.165) is 11.3 Å². The third-order valence-electron chi connectivity index (χ3n) is 3.76. The van der Waals surface area contributed by atoms with Crippen molar-refractivity contribution in [2.75, 3.05) is 4.72 Å². The second kappa shape index (κ2) is 11.5. The summed E-state index contributed by atoms with van der Waals surface area (Å²) in [6.45, 7) is 2.20. The first-order valence-corrected chi connectivity index (χ1v) is 10.3. The zero-order valence-corrected chi connectivity index (χ0v) is 16.8. The van der Waals surface area contributed by atoms with Gasteiger partial charge in [-0.2, -0.15) is 0 Å². The molecule has 2 N–H and O–H groups in total. The van der Waals surface area contributed by atoms with Crippen molar-refractivity contribution in [2.45, 2.75) is 31.3 Å². The Morgan fingerprint density at radius 3 is 2.07 bits per heavy atom. The van der Waals surface area contributed by atoms with Gasteiger partial charge in [-0.05, 0) is 53.9 Å². The van der Waals surface area contributed by atoms with Gasteiger partial charge in [-0.1, -0.05) is 67.4 Å². The van der Waals surface area contributed by atoms with Crippen molar-refractivity contribution in [3.8, 4) is 0 Å². The minimum Gasteiger partial charge on any atom is -0.392 e. The number of aliphatic hydroxyl groups excluding tert-OH is 1. The van der Waals surface area contributed by atoms with E-state index in [-0.39, 0.29) is 6.61 Å². The fourth-order valence-electron chi connectivity index (χ4n) is 2.34. The molecule has 0 aromatic heterocycles. The van der Waals surface area contributed by atoms with Crippen LogP contribution in [0.1, 0.15) is 24.5 Å². The maximum atomic E-state index is 12.0. The van der Waals surface area contributed by atoms with Crippen molar-refractivity contribution in [2.24, 2.45) is 0 Å². The van der Waals surface area contributed by atoms with E-state index in [9.17, 15) is 4.21 Å². The van der Waals surface area contributed by atoms with E-state index >= 15 is 0 Å². The molecule has 0 bridgehead atoms. The molecular formula is C22H24ClNO2S. The molecular weight excluding hydrogens is 378 g/mol. The quantitative estimate of drug-likeness (QED) is 0.564. The van der Waals surface area contributed by atoms with Crippen LogP contribution < -0.4 is 4.72 Å². The lowest BCUT2D eigenvalue weighted by molar-refractivity contribution is 0.282. The summed E-state index contributed by atoms with van der Waals surface area (Å²) >= 11 is 5.77. The predicted molar refractivity (Wildman–Crippen MR) is 114 cm³/mol. The molecule has 0 spiro atoms. The van der Waals surface area contributed by atoms with E-state index in [0.29, 0.717) is 9.92 Å². The van der Waals surface area contributed by atoms with Crippen LogP contribution >= 0.6 is 11.6 Å². The molecule has 0 amide bonds. The molecule has 0 heterocycles. The minimum atomic E-state index is -1.32. The number of hydrogen-bond donors (Lipinski definition) is 2. The third-order valence-corrected chi connectivity index (χ3v) is 5.13. The average Bonchev–Trinajstić information content (AvgIpc) is 2.70. The van der Waals surface area contributed by atoms with Crippen molar-refractivity contribution >= 4 is 28.3 Å². The highest BCUT2D eigenvalue weighted by molar-refractivity contribution is 7.86. The molecule has 3 aromatic rings. The Morgan fingerprint density at radius 1 is 0.889 bits per heavy atom. The van der Waals surface area contributed by atoms with Crippen molar-refractivity contribution < 1.29 is 9.32 Å². The highest BCUT2D eigenvalue weighted by atomic mass is 35.5. The van der Waals surface area contributed by atoms with Crippen LogP contribution in [0.3, 0.4) is 0 Å². The van der Waals surface area contributed by atoms with Crippen LogP contribution in [-0.4, -0.2) is 9.32 Å². The van der Waals surface area contributed by atoms with Gasteiger partial charge >= 0.3 is 0 Å². The fraction of sp³-hybridized carbons (Fsp3) is 0.182. The molecule has 1 unspecified atom stereocenters. The summed E-state index contributed by atoms with van der Waals surface area (Å²) in [7, 11) is -1.32. The molecule has 3 aromatic carbocycles. The van der Waals surface area contributed by atoms with Gasteiger partial charge in [0.05, 0.1) is 11.5 Å². The van der Waals surface area contributed by atoms with E-state index in [1.807, 2.05) is 0 Å². The van der Waals surface area contributed by atoms with Crippen molar-refractivity contribution in [1.82, 2.24) is 0 Å². The number of rotatable bonds is 6. The van der Waals surface area contributed by atoms with Crippen LogP contribution in [0, 0.1) is 0 Å². The lowest BCUT2D eigenvalue weighted by Gasteiger charge is -2.06. The molecule has 0 saturated heterocycles. The maximum absolute atomic E-state index is 12.0. The van der Waals surface area contributed by atoms with E-state index in [2.05, 4.69) is 42.0 Å². The van der Waals surface area contributed by atoms with Crippen LogP contribution in [0.5, 0.6) is 0 Å². The lowest BCUT2D eigenvalue weighted by Crippen LogP contribution is -2.04. The van der Waals surface area contributed by atoms with E-state index in [4.69, 9.17) is 16.7 Å². The van der Waals surface area contributed by atoms with E-state index in [1.54, 1.807) is 48.5 Å². The summed E-state index contributed by atoms with van der Waals surface area (Å²) in [5.74, 6) is 0. The molecule has 142 valence electrons. The smallest absolute Gasteiger partial charge is 0.150 e. The largest absolute Gasteiger partial charge is 0.392 e. The van der Waals surface area contributed by atoms with Crippen LogP contribution in [-0.2, 0) is 24.0 Å². The number of aliphatic hydroxyl groups is 1. The Labute approximate surface area is 168 Å². The van der Waals surface area contributed by atoms with E-state index < -0.39 is 11.0 Å². The first-order chi connectivity index (χ1) is 13.1. The van der Waals surface area contributed by atoms with Gasteiger partial charge < -0.3 is 9.83 Å². The number of hydrogen-bond acceptors (Lipinski definition) is 2. The number of halogens is 1. The second-order valence-corrected chi connectivity index (χ2v) is 7.56. The van der Waals surface area contributed by atoms with Gasteiger partial charge in [0.2, 0.25) is 0 Å². The Morgan fingerprint density at radius 2 is 1.52 bits per heavy atom. The molecule has 0 aliphatic heterocycles. The van der Waals surface area contributed by atoms with Gasteiger partial charge in [0.25, 0.3) is 0 Å². The van der Waals surface area contributed by atoms with Crippen LogP contribution in [0.15, 0.2) is 83.8 Å². The lowest BCUT2D eigenvalue weighted by atomic mass is 10.1. The zero-order chi connectivity index (χ0) is 19.5. The Balaban J connectivity index is 0.000000244. The minimum absolute atomic E-state index is 0.000549. The number of benzene rings is 3. The maximum Gasteiger partial charge on any atom is 0.150 e. The predicted octanol–water partition coefficient (Wildman–Crippen LogP) is 5.61. The summed E-state index contributed by atoms with van der Waals surface area (Å²) in [4.78, 5) is 0.658. The second-order valence-electron chi connectivity index (χ2n) is 5.92. The van der Waals surface area contributed by atoms with Gasteiger partial charge in [0.1, 0.15) is 11.0 Å². The Kier molecular flexibility index (Phi) is 9.05. The molecule has 0 saturated carbocycles. The molecule has 0 fully saturated rings. The molecule has 3 nitrogen and oxygen atoms in total. The number of aryl methyl sites for hydroxylation is 1. The molecule has 5 heteroatoms. The van der Waals surface area contributed by atoms with Gasteiger partial charge in [0.15, 0.2) is 0 Å². The van der Waals surface area contributed by atoms with Crippen LogP contribution in [0.25, 0.3) is 0 Å². The number of nitrogens with one attached hydrogen (secondary N) is 1. The molecule has 27 heavy (non-hydrogen) atoms. The molecule has 1 atom stereocenters. The fourth-order valence-corrected chi connectivity index (χ4v) is 3.31. The van der Waals surface area contributed by atoms with Gasteiger partial charge in [-0.15, -0.1) is 0 Å². The molecule has 0 radical (unpaired) electrons. The van der Waals surface area contributed by atoms with Crippen molar-refractivity contribution in [3.63, 3.8) is 0 Å². The first kappa shape index (κ1) is 21.2. The standard InChI is InChI=1S/C13H12ClNO2S.C9H12/c14-11-3-7-13(8-4-11)18(17)15-12-5-1-10(9-16)2-6-12;1-2-6-9-7-4-3-5-8-9/h1-8,15-16H,9H2;3-5,7-8H,2,6H2,1H3. The summed E-state index contributed by atoms with van der Waals surface area (Å²) in [6, 6.07) is 24.5. The van der Waals surface area contributed by atoms with Crippen LogP contribution in [0.2, 0.25) is 5.02 Å². The first-order valence-electron chi connectivity index (χ1n) is 8.80. The molecule has 0 aliphatic carbocycles. The molecule has 0 aliphatic rings. The summed E-state index contributed by atoms with van der Waals surface area (Å²) in [5, 5.41) is 9.54. The molecule has 3 rings (SSSR count). The summed E-state index contributed by atoms with van der Waals surface area (Å²) < 4.78 is 14.9. The van der Waals surface area contributed by atoms with Gasteiger partial charge in [-0.3, -0.25) is 0 Å². The van der Waals surface area contributed by atoms with Crippen molar-refractivity contribution in [3.05, 3.63) is 95.0 Å². The topological polar surface area (TPSA) is 49.3 Å². The zero-order valence-electron chi connectivity index (χ0n) is 15.3. The number of anilines is 1. The monoisotopic (exact) mass is 401 g/mol. The van der Waals surface area contributed by atoms with Gasteiger partial charge in [-0.25, -0.2) is 4.21 Å². The summed E-state index contributed by atoms with van der Waals surface area (Å²) in [6.07, 6.45) is 2.45. The highest BCUT2D eigenvalue weighted by Crippen LogP contribution is 2.16. The normalized spacial score (nSPS) is 11.2. The average molecular weight is 402 g/mol. The highest BCUT2D eigenvalue weighted by Gasteiger charge is 2.03. The summed E-state index contributed by atoms with van der Waals surface area (Å²) in [5.41, 5.74) is 3.00. The van der Waals surface area contributed by atoms with Gasteiger partial charge in [0, 0.05) is 10.7 Å². The third kappa shape index (κ3) is 7.55. The Hall–Kier alpha value is -2.14. The van der Waals surface area contributed by atoms with Crippen molar-refractivity contribution in [1.29, 1.82) is 0 Å². The van der Waals surface area contributed by atoms with E-state index in [1.165, 1.54) is 18.4 Å². The van der Waals surface area contributed by atoms with Crippen LogP contribution in [0.4, 0.5) is 5.69 Å². The Bertz CT molecular complexity index is 821.